The van der Waals surface area contributed by atoms with Gasteiger partial charge in [0, 0.05) is 0 Å². The average Bonchev–Trinajstić information content (AvgIpc) is 2.41. The normalized spacial score (nSPS) is 26.2. The van der Waals surface area contributed by atoms with Gasteiger partial charge in [-0.05, 0) is 32.9 Å². The molecule has 1 fully saturated rings. The average molecular weight is 228 g/mol. The van der Waals surface area contributed by atoms with E-state index in [0.29, 0.717) is 17.3 Å². The Kier molecular flexibility index (Phi) is 2.93. The van der Waals surface area contributed by atoms with Crippen LogP contribution in [0.3, 0.4) is 0 Å². The lowest BCUT2D eigenvalue weighted by molar-refractivity contribution is 0.259. The first kappa shape index (κ1) is 10.8. The van der Waals surface area contributed by atoms with Gasteiger partial charge >= 0.3 is 0 Å². The number of hydrogen-bond donors (Lipinski definition) is 0. The second kappa shape index (κ2) is 4.06. The Morgan fingerprint density at radius 2 is 2.00 bits per heavy atom. The van der Waals surface area contributed by atoms with Crippen molar-refractivity contribution in [2.45, 2.75) is 26.2 Å². The fraction of sp³-hybridized carbons (Fsp3) is 0.700. The molecule has 0 radical (unpaired) electrons. The molecule has 4 nitrogen and oxygen atoms in total. The fourth-order valence-corrected chi connectivity index (χ4v) is 3.28. The van der Waals surface area contributed by atoms with Crippen LogP contribution >= 0.6 is 0 Å². The Morgan fingerprint density at radius 3 is 2.53 bits per heavy atom. The largest absolute Gasteiger partial charge is 0.297 e. The predicted octanol–water partition coefficient (Wildman–Crippen LogP) is 1.16. The highest BCUT2D eigenvalue weighted by molar-refractivity contribution is 8.09. The second-order valence-corrected chi connectivity index (χ2v) is 5.94. The molecule has 0 spiro atoms. The molecule has 0 aliphatic carbocycles. The fourth-order valence-electron chi connectivity index (χ4n) is 2.01. The third kappa shape index (κ3) is 2.46. The summed E-state index contributed by atoms with van der Waals surface area (Å²) in [6.45, 7) is 4.19. The number of rotatable bonds is 2. The summed E-state index contributed by atoms with van der Waals surface area (Å²) >= 11 is 0. The Balaban J connectivity index is 2.04. The highest BCUT2D eigenvalue weighted by Crippen LogP contribution is 2.16. The van der Waals surface area contributed by atoms with Crippen LogP contribution in [0.5, 0.6) is 0 Å². The van der Waals surface area contributed by atoms with E-state index < -0.39 is 9.84 Å². The molecule has 5 heteroatoms. The molecule has 15 heavy (non-hydrogen) atoms. The van der Waals surface area contributed by atoms with Gasteiger partial charge in [-0.2, -0.15) is 0 Å². The molecule has 2 aliphatic rings. The first-order chi connectivity index (χ1) is 7.08. The molecule has 0 bridgehead atoms. The molecule has 0 amide bonds. The smallest absolute Gasteiger partial charge is 0.216 e. The van der Waals surface area contributed by atoms with Crippen molar-refractivity contribution in [1.29, 1.82) is 0 Å². The Hall–Kier alpha value is -0.680. The van der Waals surface area contributed by atoms with E-state index in [0.717, 1.165) is 13.1 Å². The SMILES string of the molecule is CC1=CS(=O)(=O)C(CN2CCCCC2)=N1. The summed E-state index contributed by atoms with van der Waals surface area (Å²) in [4.78, 5) is 6.26. The van der Waals surface area contributed by atoms with Crippen LogP contribution in [0, 0.1) is 0 Å². The first-order valence-corrected chi connectivity index (χ1v) is 6.86. The quantitative estimate of drug-likeness (QED) is 0.712. The molecular weight excluding hydrogens is 212 g/mol. The Morgan fingerprint density at radius 1 is 1.33 bits per heavy atom. The van der Waals surface area contributed by atoms with Gasteiger partial charge in [0.05, 0.1) is 17.6 Å². The molecule has 0 aromatic carbocycles. The standard InChI is InChI=1S/C10H16N2O2S/c1-9-8-15(13,14)10(11-9)7-12-5-3-2-4-6-12/h8H,2-7H2,1H3. The maximum absolute atomic E-state index is 11.6. The van der Waals surface area contributed by atoms with E-state index in [-0.39, 0.29) is 0 Å². The van der Waals surface area contributed by atoms with Crippen LogP contribution < -0.4 is 0 Å². The molecule has 0 atom stereocenters. The van der Waals surface area contributed by atoms with E-state index in [9.17, 15) is 8.42 Å². The van der Waals surface area contributed by atoms with Gasteiger partial charge in [0.2, 0.25) is 9.84 Å². The summed E-state index contributed by atoms with van der Waals surface area (Å²) in [7, 11) is -3.19. The van der Waals surface area contributed by atoms with Crippen molar-refractivity contribution in [2.24, 2.45) is 4.99 Å². The summed E-state index contributed by atoms with van der Waals surface area (Å²) in [6, 6.07) is 0. The van der Waals surface area contributed by atoms with E-state index in [1.807, 2.05) is 0 Å². The Labute approximate surface area is 90.6 Å². The van der Waals surface area contributed by atoms with Crippen LogP contribution in [0.2, 0.25) is 0 Å². The van der Waals surface area contributed by atoms with Crippen LogP contribution in [-0.2, 0) is 9.84 Å². The highest BCUT2D eigenvalue weighted by Gasteiger charge is 2.25. The minimum absolute atomic E-state index is 0.321. The van der Waals surface area contributed by atoms with Crippen LogP contribution in [0.25, 0.3) is 0 Å². The van der Waals surface area contributed by atoms with Crippen molar-refractivity contribution in [3.63, 3.8) is 0 Å². The lowest BCUT2D eigenvalue weighted by Gasteiger charge is -2.25. The maximum atomic E-state index is 11.6. The topological polar surface area (TPSA) is 49.7 Å². The van der Waals surface area contributed by atoms with Crippen molar-refractivity contribution >= 4 is 14.9 Å². The summed E-state index contributed by atoms with van der Waals surface area (Å²) in [6.07, 6.45) is 3.59. The minimum atomic E-state index is -3.19. The molecule has 0 saturated carbocycles. The number of hydrogen-bond acceptors (Lipinski definition) is 4. The predicted molar refractivity (Wildman–Crippen MR) is 60.4 cm³/mol. The van der Waals surface area contributed by atoms with Gasteiger partial charge < -0.3 is 0 Å². The molecule has 0 aromatic heterocycles. The molecule has 2 aliphatic heterocycles. The molecular formula is C10H16N2O2S. The Bertz CT molecular complexity index is 403. The third-order valence-corrected chi connectivity index (χ3v) is 4.29. The van der Waals surface area contributed by atoms with Crippen LogP contribution in [0.1, 0.15) is 26.2 Å². The van der Waals surface area contributed by atoms with Gasteiger partial charge in [0.1, 0.15) is 0 Å². The van der Waals surface area contributed by atoms with E-state index in [4.69, 9.17) is 0 Å². The lowest BCUT2D eigenvalue weighted by Crippen LogP contribution is -2.36. The zero-order valence-electron chi connectivity index (χ0n) is 8.94. The van der Waals surface area contributed by atoms with Crippen LogP contribution in [-0.4, -0.2) is 38.0 Å². The van der Waals surface area contributed by atoms with E-state index in [2.05, 4.69) is 9.89 Å². The summed E-state index contributed by atoms with van der Waals surface area (Å²) in [5, 5.41) is 1.58. The lowest BCUT2D eigenvalue weighted by atomic mass is 10.1. The molecule has 84 valence electrons. The van der Waals surface area contributed by atoms with Crippen molar-refractivity contribution in [3.8, 4) is 0 Å². The van der Waals surface area contributed by atoms with E-state index >= 15 is 0 Å². The highest BCUT2D eigenvalue weighted by atomic mass is 32.2. The number of likely N-dealkylation sites (tertiary alicyclic amines) is 1. The molecule has 0 N–H and O–H groups in total. The zero-order chi connectivity index (χ0) is 10.9. The summed E-state index contributed by atoms with van der Waals surface area (Å²) < 4.78 is 23.2. The number of piperidine rings is 1. The van der Waals surface area contributed by atoms with E-state index in [1.165, 1.54) is 24.7 Å². The molecule has 2 heterocycles. The van der Waals surface area contributed by atoms with Gasteiger partial charge in [-0.25, -0.2) is 13.4 Å². The molecule has 0 unspecified atom stereocenters. The summed E-state index contributed by atoms with van der Waals surface area (Å²) in [5.41, 5.74) is 0.599. The van der Waals surface area contributed by atoms with Crippen molar-refractivity contribution < 1.29 is 8.42 Å². The number of sulfone groups is 1. The third-order valence-electron chi connectivity index (χ3n) is 2.76. The van der Waals surface area contributed by atoms with Gasteiger partial charge in [0.25, 0.3) is 0 Å². The molecule has 2 rings (SSSR count). The van der Waals surface area contributed by atoms with Crippen molar-refractivity contribution in [1.82, 2.24) is 4.90 Å². The molecule has 1 saturated heterocycles. The van der Waals surface area contributed by atoms with Gasteiger partial charge in [-0.3, -0.25) is 4.90 Å². The van der Waals surface area contributed by atoms with Gasteiger partial charge in [-0.15, -0.1) is 0 Å². The second-order valence-electron chi connectivity index (χ2n) is 4.15. The van der Waals surface area contributed by atoms with Gasteiger partial charge in [0.15, 0.2) is 5.04 Å². The number of allylic oxidation sites excluding steroid dienone is 1. The zero-order valence-corrected chi connectivity index (χ0v) is 9.76. The monoisotopic (exact) mass is 228 g/mol. The van der Waals surface area contributed by atoms with Crippen molar-refractivity contribution in [3.05, 3.63) is 11.1 Å². The maximum Gasteiger partial charge on any atom is 0.216 e. The summed E-state index contributed by atoms with van der Waals surface area (Å²) in [5.74, 6) is 0. The van der Waals surface area contributed by atoms with Crippen LogP contribution in [0.4, 0.5) is 0 Å². The number of aliphatic imine (C=N–C) groups is 1. The molecule has 0 aromatic rings. The van der Waals surface area contributed by atoms with Gasteiger partial charge in [-0.1, -0.05) is 6.42 Å². The first-order valence-electron chi connectivity index (χ1n) is 5.31. The van der Waals surface area contributed by atoms with E-state index in [1.54, 1.807) is 6.92 Å². The number of nitrogens with zero attached hydrogens (tertiary/aromatic N) is 2. The minimum Gasteiger partial charge on any atom is -0.297 e. The van der Waals surface area contributed by atoms with Crippen LogP contribution in [0.15, 0.2) is 16.1 Å². The van der Waals surface area contributed by atoms with Crippen molar-refractivity contribution in [2.75, 3.05) is 19.6 Å².